The number of hydrogen-bond acceptors (Lipinski definition) is 2. The lowest BCUT2D eigenvalue weighted by atomic mass is 10.3. The molecular formula is C14H12N2O. The van der Waals surface area contributed by atoms with Crippen molar-refractivity contribution in [2.24, 2.45) is 0 Å². The fourth-order valence-corrected chi connectivity index (χ4v) is 1.80. The predicted octanol–water partition coefficient (Wildman–Crippen LogP) is 3.44. The molecule has 3 aromatic rings. The molecule has 3 nitrogen and oxygen atoms in total. The Kier molecular flexibility index (Phi) is 2.29. The van der Waals surface area contributed by atoms with E-state index in [0.29, 0.717) is 0 Å². The van der Waals surface area contributed by atoms with Gasteiger partial charge in [0.15, 0.2) is 11.4 Å². The largest absolute Gasteiger partial charge is 0.453 e. The third-order valence-corrected chi connectivity index (χ3v) is 2.54. The number of benzene rings is 1. The molecule has 0 atom stereocenters. The molecule has 0 fully saturated rings. The van der Waals surface area contributed by atoms with Gasteiger partial charge in [-0.2, -0.15) is 0 Å². The van der Waals surface area contributed by atoms with Crippen LogP contribution in [0.4, 0.5) is 0 Å². The van der Waals surface area contributed by atoms with E-state index < -0.39 is 0 Å². The first-order chi connectivity index (χ1) is 8.33. The van der Waals surface area contributed by atoms with Crippen molar-refractivity contribution in [3.8, 4) is 11.5 Å². The summed E-state index contributed by atoms with van der Waals surface area (Å²) in [5, 5.41) is 0. The van der Waals surface area contributed by atoms with Crippen LogP contribution in [0.25, 0.3) is 5.65 Å². The average Bonchev–Trinajstić information content (AvgIpc) is 2.72. The molecule has 84 valence electrons. The molecule has 0 N–H and O–H groups in total. The smallest absolute Gasteiger partial charge is 0.180 e. The highest BCUT2D eigenvalue weighted by atomic mass is 16.5. The highest BCUT2D eigenvalue weighted by Gasteiger charge is 2.05. The van der Waals surface area contributed by atoms with Crippen LogP contribution in [0.15, 0.2) is 54.9 Å². The number of aromatic nitrogens is 2. The summed E-state index contributed by atoms with van der Waals surface area (Å²) in [7, 11) is 0. The van der Waals surface area contributed by atoms with Crippen LogP contribution < -0.4 is 4.74 Å². The molecule has 0 amide bonds. The fourth-order valence-electron chi connectivity index (χ4n) is 1.80. The molecule has 1 aromatic carbocycles. The van der Waals surface area contributed by atoms with E-state index in [0.717, 1.165) is 22.8 Å². The van der Waals surface area contributed by atoms with Crippen molar-refractivity contribution in [3.05, 3.63) is 60.6 Å². The van der Waals surface area contributed by atoms with Gasteiger partial charge in [-0.05, 0) is 31.2 Å². The third-order valence-electron chi connectivity index (χ3n) is 2.54. The van der Waals surface area contributed by atoms with Crippen LogP contribution in [0.2, 0.25) is 0 Å². The van der Waals surface area contributed by atoms with Crippen molar-refractivity contribution in [3.63, 3.8) is 0 Å². The van der Waals surface area contributed by atoms with Crippen molar-refractivity contribution in [1.29, 1.82) is 0 Å². The third kappa shape index (κ3) is 1.87. The Hall–Kier alpha value is -2.29. The van der Waals surface area contributed by atoms with Gasteiger partial charge in [-0.1, -0.05) is 18.2 Å². The van der Waals surface area contributed by atoms with E-state index in [1.807, 2.05) is 66.2 Å². The van der Waals surface area contributed by atoms with Gasteiger partial charge in [0.05, 0.1) is 5.69 Å². The van der Waals surface area contributed by atoms with Crippen LogP contribution in [0.3, 0.4) is 0 Å². The lowest BCUT2D eigenvalue weighted by molar-refractivity contribution is 0.484. The van der Waals surface area contributed by atoms with Crippen LogP contribution in [-0.2, 0) is 0 Å². The lowest BCUT2D eigenvalue weighted by Crippen LogP contribution is -1.89. The van der Waals surface area contributed by atoms with Crippen LogP contribution in [0.5, 0.6) is 11.5 Å². The van der Waals surface area contributed by atoms with Gasteiger partial charge in [-0.3, -0.25) is 0 Å². The van der Waals surface area contributed by atoms with Crippen LogP contribution >= 0.6 is 0 Å². The topological polar surface area (TPSA) is 26.5 Å². The van der Waals surface area contributed by atoms with Crippen LogP contribution in [-0.4, -0.2) is 9.38 Å². The zero-order valence-electron chi connectivity index (χ0n) is 9.50. The summed E-state index contributed by atoms with van der Waals surface area (Å²) in [6, 6.07) is 13.6. The Morgan fingerprint density at radius 3 is 2.71 bits per heavy atom. The Morgan fingerprint density at radius 1 is 1.06 bits per heavy atom. The number of aryl methyl sites for hydroxylation is 1. The second kappa shape index (κ2) is 3.94. The molecule has 2 aromatic heterocycles. The van der Waals surface area contributed by atoms with E-state index in [4.69, 9.17) is 4.74 Å². The number of ether oxygens (including phenoxy) is 1. The molecule has 3 rings (SSSR count). The zero-order chi connectivity index (χ0) is 11.7. The Labute approximate surface area is 99.3 Å². The minimum atomic E-state index is 0.770. The summed E-state index contributed by atoms with van der Waals surface area (Å²) >= 11 is 0. The second-order valence-corrected chi connectivity index (χ2v) is 3.90. The summed E-state index contributed by atoms with van der Waals surface area (Å²) in [5.74, 6) is 1.59. The molecule has 0 aliphatic carbocycles. The van der Waals surface area contributed by atoms with E-state index in [-0.39, 0.29) is 0 Å². The summed E-state index contributed by atoms with van der Waals surface area (Å²) in [5.41, 5.74) is 1.82. The van der Waals surface area contributed by atoms with E-state index >= 15 is 0 Å². The highest BCUT2D eigenvalue weighted by molar-refractivity contribution is 5.55. The van der Waals surface area contributed by atoms with Gasteiger partial charge in [0.2, 0.25) is 0 Å². The van der Waals surface area contributed by atoms with Crippen molar-refractivity contribution in [2.45, 2.75) is 6.92 Å². The summed E-state index contributed by atoms with van der Waals surface area (Å²) < 4.78 is 7.79. The number of fused-ring (bicyclic) bond motifs is 1. The molecule has 0 aliphatic rings. The number of imidazole rings is 1. The molecular weight excluding hydrogens is 212 g/mol. The van der Waals surface area contributed by atoms with Gasteiger partial charge >= 0.3 is 0 Å². The monoisotopic (exact) mass is 224 g/mol. The fraction of sp³-hybridized carbons (Fsp3) is 0.0714. The SMILES string of the molecule is Cc1cn2cccc(Oc3ccccc3)c2n1. The normalized spacial score (nSPS) is 10.6. The van der Waals surface area contributed by atoms with Gasteiger partial charge in [0.25, 0.3) is 0 Å². The number of pyridine rings is 1. The minimum Gasteiger partial charge on any atom is -0.453 e. The maximum absolute atomic E-state index is 5.82. The van der Waals surface area contributed by atoms with Crippen LogP contribution in [0.1, 0.15) is 5.69 Å². The van der Waals surface area contributed by atoms with Crippen LogP contribution in [0, 0.1) is 6.92 Å². The first kappa shape index (κ1) is 9.90. The number of nitrogens with zero attached hydrogens (tertiary/aromatic N) is 2. The first-order valence-corrected chi connectivity index (χ1v) is 5.50. The van der Waals surface area contributed by atoms with Crippen molar-refractivity contribution in [2.75, 3.05) is 0 Å². The quantitative estimate of drug-likeness (QED) is 0.666. The van der Waals surface area contributed by atoms with Crippen molar-refractivity contribution < 1.29 is 4.74 Å². The van der Waals surface area contributed by atoms with E-state index in [9.17, 15) is 0 Å². The molecule has 0 bridgehead atoms. The molecule has 3 heteroatoms. The van der Waals surface area contributed by atoms with Gasteiger partial charge < -0.3 is 9.14 Å². The highest BCUT2D eigenvalue weighted by Crippen LogP contribution is 2.25. The van der Waals surface area contributed by atoms with Gasteiger partial charge in [-0.25, -0.2) is 4.98 Å². The summed E-state index contributed by atoms with van der Waals surface area (Å²) in [6.45, 7) is 1.97. The molecule has 0 aliphatic heterocycles. The first-order valence-electron chi connectivity index (χ1n) is 5.50. The van der Waals surface area contributed by atoms with E-state index in [1.165, 1.54) is 0 Å². The lowest BCUT2D eigenvalue weighted by Gasteiger charge is -2.06. The molecule has 0 radical (unpaired) electrons. The standard InChI is InChI=1S/C14H12N2O/c1-11-10-16-9-5-8-13(14(16)15-11)17-12-6-3-2-4-7-12/h2-10H,1H3. The Bertz CT molecular complexity index is 644. The number of rotatable bonds is 2. The molecule has 17 heavy (non-hydrogen) atoms. The maximum Gasteiger partial charge on any atom is 0.180 e. The van der Waals surface area contributed by atoms with Gasteiger partial charge in [0.1, 0.15) is 5.75 Å². The zero-order valence-corrected chi connectivity index (χ0v) is 9.50. The van der Waals surface area contributed by atoms with E-state index in [2.05, 4.69) is 4.98 Å². The van der Waals surface area contributed by atoms with E-state index in [1.54, 1.807) is 0 Å². The summed E-state index contributed by atoms with van der Waals surface area (Å²) in [4.78, 5) is 4.45. The molecule has 2 heterocycles. The molecule has 0 saturated heterocycles. The Balaban J connectivity index is 2.06. The number of para-hydroxylation sites is 1. The van der Waals surface area contributed by atoms with Crippen molar-refractivity contribution in [1.82, 2.24) is 9.38 Å². The molecule has 0 saturated carbocycles. The number of hydrogen-bond donors (Lipinski definition) is 0. The van der Waals surface area contributed by atoms with Gasteiger partial charge in [-0.15, -0.1) is 0 Å². The van der Waals surface area contributed by atoms with Crippen molar-refractivity contribution >= 4 is 5.65 Å². The molecule has 0 spiro atoms. The van der Waals surface area contributed by atoms with Gasteiger partial charge in [0, 0.05) is 12.4 Å². The summed E-state index contributed by atoms with van der Waals surface area (Å²) in [6.07, 6.45) is 3.94. The average molecular weight is 224 g/mol. The molecule has 0 unspecified atom stereocenters. The maximum atomic E-state index is 5.82. The minimum absolute atomic E-state index is 0.770. The Morgan fingerprint density at radius 2 is 1.88 bits per heavy atom. The second-order valence-electron chi connectivity index (χ2n) is 3.90. The predicted molar refractivity (Wildman–Crippen MR) is 66.4 cm³/mol.